The third-order valence-corrected chi connectivity index (χ3v) is 4.52. The molecule has 3 unspecified atom stereocenters. The molecule has 2 fully saturated rings. The van der Waals surface area contributed by atoms with Gasteiger partial charge < -0.3 is 20.1 Å². The van der Waals surface area contributed by atoms with Gasteiger partial charge in [0.15, 0.2) is 11.8 Å². The van der Waals surface area contributed by atoms with Crippen molar-refractivity contribution in [2.75, 3.05) is 26.4 Å². The van der Waals surface area contributed by atoms with Crippen LogP contribution in [-0.4, -0.2) is 58.8 Å². The van der Waals surface area contributed by atoms with Crippen molar-refractivity contribution in [2.24, 2.45) is 5.18 Å². The number of rotatable bonds is 4. The quantitative estimate of drug-likeness (QED) is 0.705. The van der Waals surface area contributed by atoms with Crippen LogP contribution in [0.5, 0.6) is 0 Å². The lowest BCUT2D eigenvalue weighted by molar-refractivity contribution is -0.174. The molecule has 0 radical (unpaired) electrons. The van der Waals surface area contributed by atoms with E-state index in [1.54, 1.807) is 14.0 Å². The first-order valence-electron chi connectivity index (χ1n) is 6.99. The number of anilines is 1. The first kappa shape index (κ1) is 15.6. The Bertz CT molecular complexity index is 734. The van der Waals surface area contributed by atoms with E-state index in [2.05, 4.69) is 10.2 Å². The van der Waals surface area contributed by atoms with E-state index in [1.165, 1.54) is 22.8 Å². The second-order valence-corrected chi connectivity index (χ2v) is 5.75. The molecule has 2 saturated heterocycles. The molecule has 2 bridgehead atoms. The van der Waals surface area contributed by atoms with Gasteiger partial charge in [-0.1, -0.05) is 5.18 Å². The van der Waals surface area contributed by atoms with Gasteiger partial charge in [0.2, 0.25) is 0 Å². The standard InChI is InChI=1S/C13H17N5O5/c1-6-4-18(12(20)16-9(6)14)10-7-8(22-3)13(23-10,5-15-21)11(19)17(7)2/h4,7-8,10H,5H2,1-3H3,(H2,14,16,20)/t7?,8-,10?,13?/m1/s1. The van der Waals surface area contributed by atoms with Gasteiger partial charge in [-0.25, -0.2) is 4.79 Å². The van der Waals surface area contributed by atoms with E-state index >= 15 is 0 Å². The van der Waals surface area contributed by atoms with Gasteiger partial charge in [0.1, 0.15) is 24.5 Å². The number of ether oxygens (including phenoxy) is 2. The SMILES string of the molecule is CO[C@@H]1C2C(n3cc(C)c(N)nc3=O)OC1(CN=O)C(=O)N2C. The molecule has 2 aliphatic heterocycles. The van der Waals surface area contributed by atoms with E-state index < -0.39 is 42.1 Å². The van der Waals surface area contributed by atoms with E-state index in [9.17, 15) is 14.5 Å². The number of nitroso groups, excluding NO2 is 1. The molecule has 3 heterocycles. The fourth-order valence-corrected chi connectivity index (χ4v) is 3.38. The molecular formula is C13H17N5O5. The van der Waals surface area contributed by atoms with Crippen molar-refractivity contribution < 1.29 is 14.3 Å². The van der Waals surface area contributed by atoms with Crippen LogP contribution in [0, 0.1) is 11.8 Å². The molecule has 3 rings (SSSR count). The Balaban J connectivity index is 2.11. The summed E-state index contributed by atoms with van der Waals surface area (Å²) in [4.78, 5) is 40.6. The van der Waals surface area contributed by atoms with Crippen LogP contribution in [0.25, 0.3) is 0 Å². The maximum absolute atomic E-state index is 12.4. The van der Waals surface area contributed by atoms with Crippen molar-refractivity contribution in [3.05, 3.63) is 27.2 Å². The van der Waals surface area contributed by atoms with Gasteiger partial charge in [-0.05, 0) is 6.92 Å². The molecule has 10 nitrogen and oxygen atoms in total. The van der Waals surface area contributed by atoms with E-state index in [-0.39, 0.29) is 5.82 Å². The third-order valence-electron chi connectivity index (χ3n) is 4.52. The van der Waals surface area contributed by atoms with Crippen molar-refractivity contribution in [3.63, 3.8) is 0 Å². The predicted molar refractivity (Wildman–Crippen MR) is 78.5 cm³/mol. The minimum absolute atomic E-state index is 0.131. The van der Waals surface area contributed by atoms with Crippen LogP contribution in [-0.2, 0) is 14.3 Å². The van der Waals surface area contributed by atoms with Gasteiger partial charge in [-0.2, -0.15) is 9.89 Å². The number of morpholine rings is 1. The van der Waals surface area contributed by atoms with Gasteiger partial charge in [0.05, 0.1) is 0 Å². The van der Waals surface area contributed by atoms with Crippen molar-refractivity contribution >= 4 is 11.7 Å². The van der Waals surface area contributed by atoms with Crippen molar-refractivity contribution in [3.8, 4) is 0 Å². The van der Waals surface area contributed by atoms with Crippen molar-refractivity contribution in [1.82, 2.24) is 14.5 Å². The molecule has 1 aromatic heterocycles. The van der Waals surface area contributed by atoms with Gasteiger partial charge in [0.25, 0.3) is 5.91 Å². The number of nitrogen functional groups attached to an aromatic ring is 1. The van der Waals surface area contributed by atoms with Gasteiger partial charge in [-0.15, -0.1) is 0 Å². The number of hydrogen-bond acceptors (Lipinski definition) is 8. The van der Waals surface area contributed by atoms with Crippen molar-refractivity contribution in [2.45, 2.75) is 30.9 Å². The highest BCUT2D eigenvalue weighted by Gasteiger charge is 2.70. The molecule has 0 spiro atoms. The number of aryl methyl sites for hydroxylation is 1. The number of fused-ring (bicyclic) bond motifs is 2. The first-order valence-corrected chi connectivity index (χ1v) is 6.99. The Morgan fingerprint density at radius 2 is 2.22 bits per heavy atom. The van der Waals surface area contributed by atoms with Crippen LogP contribution in [0.1, 0.15) is 11.8 Å². The lowest BCUT2D eigenvalue weighted by Crippen LogP contribution is -2.52. The number of nitrogens with two attached hydrogens (primary N) is 1. The Morgan fingerprint density at radius 1 is 1.52 bits per heavy atom. The summed E-state index contributed by atoms with van der Waals surface area (Å²) in [5.41, 5.74) is 4.11. The third kappa shape index (κ3) is 1.91. The molecule has 23 heavy (non-hydrogen) atoms. The van der Waals surface area contributed by atoms with Crippen LogP contribution >= 0.6 is 0 Å². The van der Waals surface area contributed by atoms with Crippen LogP contribution in [0.3, 0.4) is 0 Å². The maximum Gasteiger partial charge on any atom is 0.351 e. The molecule has 2 aliphatic rings. The van der Waals surface area contributed by atoms with E-state index in [4.69, 9.17) is 15.2 Å². The Kier molecular flexibility index (Phi) is 3.45. The summed E-state index contributed by atoms with van der Waals surface area (Å²) >= 11 is 0. The first-order chi connectivity index (χ1) is 10.9. The molecule has 0 aromatic carbocycles. The van der Waals surface area contributed by atoms with Crippen LogP contribution in [0.15, 0.2) is 16.2 Å². The second-order valence-electron chi connectivity index (χ2n) is 5.75. The average molecular weight is 323 g/mol. The summed E-state index contributed by atoms with van der Waals surface area (Å²) in [5, 5.41) is 2.83. The monoisotopic (exact) mass is 323 g/mol. The molecule has 10 heteroatoms. The number of likely N-dealkylation sites (N-methyl/N-ethyl adjacent to an activating group) is 1. The molecule has 124 valence electrons. The van der Waals surface area contributed by atoms with E-state index in [1.807, 2.05) is 0 Å². The number of hydrogen-bond donors (Lipinski definition) is 1. The summed E-state index contributed by atoms with van der Waals surface area (Å²) in [7, 11) is 2.99. The number of carbonyl (C=O) groups is 1. The summed E-state index contributed by atoms with van der Waals surface area (Å²) < 4.78 is 12.5. The smallest absolute Gasteiger partial charge is 0.351 e. The number of nitrogens with zero attached hydrogens (tertiary/aromatic N) is 4. The predicted octanol–water partition coefficient (Wildman–Crippen LogP) is -0.976. The van der Waals surface area contributed by atoms with E-state index in [0.717, 1.165) is 0 Å². The van der Waals surface area contributed by atoms with Crippen LogP contribution in [0.4, 0.5) is 5.82 Å². The molecule has 0 aliphatic carbocycles. The lowest BCUT2D eigenvalue weighted by atomic mass is 9.98. The van der Waals surface area contributed by atoms with Crippen LogP contribution < -0.4 is 11.4 Å². The number of aromatic nitrogens is 2. The Hall–Kier alpha value is -2.33. The fraction of sp³-hybridized carbons (Fsp3) is 0.615. The molecule has 2 N–H and O–H groups in total. The highest BCUT2D eigenvalue weighted by atomic mass is 16.6. The minimum Gasteiger partial charge on any atom is -0.383 e. The van der Waals surface area contributed by atoms with Crippen molar-refractivity contribution in [1.29, 1.82) is 0 Å². The summed E-state index contributed by atoms with van der Waals surface area (Å²) in [5.74, 6) is -0.259. The van der Waals surface area contributed by atoms with Gasteiger partial charge in [0, 0.05) is 25.9 Å². The Morgan fingerprint density at radius 3 is 2.83 bits per heavy atom. The fourth-order valence-electron chi connectivity index (χ4n) is 3.38. The molecule has 1 aromatic rings. The molecular weight excluding hydrogens is 306 g/mol. The zero-order valence-corrected chi connectivity index (χ0v) is 12.9. The average Bonchev–Trinajstić information content (AvgIpc) is 2.93. The molecule has 1 amide bonds. The van der Waals surface area contributed by atoms with Gasteiger partial charge in [-0.3, -0.25) is 9.36 Å². The minimum atomic E-state index is -1.52. The number of likely N-dealkylation sites (tertiary alicyclic amines) is 1. The highest BCUT2D eigenvalue weighted by molar-refractivity contribution is 5.90. The maximum atomic E-state index is 12.4. The zero-order chi connectivity index (χ0) is 16.9. The highest BCUT2D eigenvalue weighted by Crippen LogP contribution is 2.47. The number of methoxy groups -OCH3 is 1. The largest absolute Gasteiger partial charge is 0.383 e. The molecule has 0 saturated carbocycles. The summed E-state index contributed by atoms with van der Waals surface area (Å²) in [6.07, 6.45) is -0.0283. The summed E-state index contributed by atoms with van der Waals surface area (Å²) in [6.45, 7) is 1.31. The normalized spacial score (nSPS) is 32.6. The lowest BCUT2D eigenvalue weighted by Gasteiger charge is -2.33. The topological polar surface area (TPSA) is 129 Å². The van der Waals surface area contributed by atoms with Crippen LogP contribution in [0.2, 0.25) is 0 Å². The van der Waals surface area contributed by atoms with E-state index in [0.29, 0.717) is 5.56 Å². The molecule has 4 atom stereocenters. The number of amides is 1. The second kappa shape index (κ2) is 5.10. The number of carbonyl (C=O) groups excluding carboxylic acids is 1. The summed E-state index contributed by atoms with van der Waals surface area (Å²) in [6, 6.07) is -0.572. The Labute approximate surface area is 131 Å². The van der Waals surface area contributed by atoms with Gasteiger partial charge >= 0.3 is 5.69 Å². The zero-order valence-electron chi connectivity index (χ0n) is 12.9.